The van der Waals surface area contributed by atoms with Gasteiger partial charge >= 0.3 is 0 Å². The summed E-state index contributed by atoms with van der Waals surface area (Å²) in [5, 5.41) is 6.51. The molecule has 5 heteroatoms. The van der Waals surface area contributed by atoms with Gasteiger partial charge in [0.15, 0.2) is 0 Å². The van der Waals surface area contributed by atoms with Gasteiger partial charge in [0.05, 0.1) is 5.92 Å². The Labute approximate surface area is 142 Å². The van der Waals surface area contributed by atoms with Crippen LogP contribution in [0.2, 0.25) is 0 Å². The lowest BCUT2D eigenvalue weighted by Crippen LogP contribution is -2.47. The maximum absolute atomic E-state index is 13.0. The quantitative estimate of drug-likeness (QED) is 0.890. The minimum Gasteiger partial charge on any atom is -0.342 e. The Hall–Kier alpha value is -1.88. The molecule has 2 aliphatic heterocycles. The molecule has 0 spiro atoms. The minimum atomic E-state index is -0.328. The van der Waals surface area contributed by atoms with Crippen LogP contribution in [0.15, 0.2) is 24.3 Å². The first-order chi connectivity index (χ1) is 11.7. The Balaban J connectivity index is 1.38. The standard InChI is InChI=1S/C19H25N3O2/c23-18-11-16(15-3-1-2-4-17(15)21-18)19(24)22-9-7-14(8-10-22)20-12-13-5-6-13/h1-4,13-14,16,20H,5-12H2,(H,21,23). The van der Waals surface area contributed by atoms with Gasteiger partial charge < -0.3 is 15.5 Å². The molecule has 2 fully saturated rings. The van der Waals surface area contributed by atoms with E-state index in [1.807, 2.05) is 29.2 Å². The maximum Gasteiger partial charge on any atom is 0.230 e. The molecule has 3 aliphatic rings. The van der Waals surface area contributed by atoms with Crippen molar-refractivity contribution in [2.24, 2.45) is 5.92 Å². The summed E-state index contributed by atoms with van der Waals surface area (Å²) >= 11 is 0. The number of piperidine rings is 1. The summed E-state index contributed by atoms with van der Waals surface area (Å²) in [4.78, 5) is 26.9. The van der Waals surface area contributed by atoms with Gasteiger partial charge in [-0.25, -0.2) is 0 Å². The van der Waals surface area contributed by atoms with Crippen molar-refractivity contribution in [1.82, 2.24) is 10.2 Å². The highest BCUT2D eigenvalue weighted by Gasteiger charge is 2.34. The predicted molar refractivity (Wildman–Crippen MR) is 92.8 cm³/mol. The second-order valence-electron chi connectivity index (χ2n) is 7.34. The smallest absolute Gasteiger partial charge is 0.230 e. The number of amides is 2. The summed E-state index contributed by atoms with van der Waals surface area (Å²) in [6, 6.07) is 8.20. The highest BCUT2D eigenvalue weighted by atomic mass is 16.2. The van der Waals surface area contributed by atoms with Gasteiger partial charge in [-0.15, -0.1) is 0 Å². The molecule has 1 saturated carbocycles. The van der Waals surface area contributed by atoms with Crippen LogP contribution < -0.4 is 10.6 Å². The number of hydrogen-bond donors (Lipinski definition) is 2. The van der Waals surface area contributed by atoms with Gasteiger partial charge in [-0.05, 0) is 49.8 Å². The fourth-order valence-electron chi connectivity index (χ4n) is 3.81. The molecule has 0 aromatic heterocycles. The molecule has 5 nitrogen and oxygen atoms in total. The van der Waals surface area contributed by atoms with E-state index in [4.69, 9.17) is 0 Å². The van der Waals surface area contributed by atoms with E-state index in [1.165, 1.54) is 12.8 Å². The van der Waals surface area contributed by atoms with Gasteiger partial charge in [-0.3, -0.25) is 9.59 Å². The van der Waals surface area contributed by atoms with Crippen molar-refractivity contribution >= 4 is 17.5 Å². The summed E-state index contributed by atoms with van der Waals surface area (Å²) in [6.45, 7) is 2.72. The zero-order valence-electron chi connectivity index (χ0n) is 14.0. The Kier molecular flexibility index (Phi) is 4.27. The molecule has 2 N–H and O–H groups in total. The van der Waals surface area contributed by atoms with Crippen LogP contribution in [-0.2, 0) is 9.59 Å². The van der Waals surface area contributed by atoms with Crippen LogP contribution >= 0.6 is 0 Å². The third-order valence-corrected chi connectivity index (χ3v) is 5.50. The molecule has 0 bridgehead atoms. The summed E-state index contributed by atoms with van der Waals surface area (Å²) < 4.78 is 0. The number of likely N-dealkylation sites (tertiary alicyclic amines) is 1. The molecule has 1 unspecified atom stereocenters. The number of para-hydroxylation sites is 1. The summed E-state index contributed by atoms with van der Waals surface area (Å²) in [7, 11) is 0. The van der Waals surface area contributed by atoms with Crippen LogP contribution in [0, 0.1) is 5.92 Å². The van der Waals surface area contributed by atoms with Crippen molar-refractivity contribution in [1.29, 1.82) is 0 Å². The molecule has 1 aromatic rings. The molecule has 24 heavy (non-hydrogen) atoms. The van der Waals surface area contributed by atoms with Gasteiger partial charge in [0, 0.05) is 31.2 Å². The Morgan fingerprint density at radius 1 is 1.17 bits per heavy atom. The second kappa shape index (κ2) is 6.55. The van der Waals surface area contributed by atoms with Gasteiger partial charge in [-0.1, -0.05) is 18.2 Å². The van der Waals surface area contributed by atoms with Crippen LogP contribution in [0.5, 0.6) is 0 Å². The first kappa shape index (κ1) is 15.6. The second-order valence-corrected chi connectivity index (χ2v) is 7.34. The zero-order chi connectivity index (χ0) is 16.5. The van der Waals surface area contributed by atoms with Crippen molar-refractivity contribution in [2.45, 2.75) is 44.1 Å². The van der Waals surface area contributed by atoms with Crippen molar-refractivity contribution < 1.29 is 9.59 Å². The third-order valence-electron chi connectivity index (χ3n) is 5.50. The average molecular weight is 327 g/mol. The van der Waals surface area contributed by atoms with E-state index in [-0.39, 0.29) is 24.2 Å². The topological polar surface area (TPSA) is 61.4 Å². The predicted octanol–water partition coefficient (Wildman–Crippen LogP) is 2.10. The van der Waals surface area contributed by atoms with Crippen LogP contribution in [-0.4, -0.2) is 42.4 Å². The van der Waals surface area contributed by atoms with Crippen molar-refractivity contribution in [3.05, 3.63) is 29.8 Å². The van der Waals surface area contributed by atoms with Crippen LogP contribution in [0.1, 0.15) is 43.6 Å². The number of carbonyl (C=O) groups excluding carboxylic acids is 2. The number of carbonyl (C=O) groups is 2. The third kappa shape index (κ3) is 3.31. The number of anilines is 1. The molecule has 1 saturated heterocycles. The van der Waals surface area contributed by atoms with Gasteiger partial charge in [0.2, 0.25) is 11.8 Å². The Morgan fingerprint density at radius 2 is 1.92 bits per heavy atom. The van der Waals surface area contributed by atoms with Crippen molar-refractivity contribution in [3.63, 3.8) is 0 Å². The SMILES string of the molecule is O=C1CC(C(=O)N2CCC(NCC3CC3)CC2)c2ccccc2N1. The number of rotatable bonds is 4. The molecule has 128 valence electrons. The zero-order valence-corrected chi connectivity index (χ0v) is 14.0. The average Bonchev–Trinajstić information content (AvgIpc) is 3.43. The number of nitrogens with one attached hydrogen (secondary N) is 2. The normalized spacial score (nSPS) is 24.4. The van der Waals surface area contributed by atoms with E-state index in [2.05, 4.69) is 10.6 Å². The number of fused-ring (bicyclic) bond motifs is 1. The Morgan fingerprint density at radius 3 is 2.67 bits per heavy atom. The first-order valence-corrected chi connectivity index (χ1v) is 9.11. The molecular formula is C19H25N3O2. The first-order valence-electron chi connectivity index (χ1n) is 9.11. The maximum atomic E-state index is 13.0. The molecule has 1 aliphatic carbocycles. The van der Waals surface area contributed by atoms with Crippen LogP contribution in [0.25, 0.3) is 0 Å². The summed E-state index contributed by atoms with van der Waals surface area (Å²) in [6.07, 6.45) is 5.02. The van der Waals surface area contributed by atoms with E-state index in [0.717, 1.165) is 49.6 Å². The molecule has 4 rings (SSSR count). The summed E-state index contributed by atoms with van der Waals surface area (Å²) in [5.41, 5.74) is 1.74. The Bertz CT molecular complexity index is 633. The van der Waals surface area contributed by atoms with E-state index in [0.29, 0.717) is 6.04 Å². The number of benzene rings is 1. The molecule has 0 radical (unpaired) electrons. The fourth-order valence-corrected chi connectivity index (χ4v) is 3.81. The van der Waals surface area contributed by atoms with Crippen molar-refractivity contribution in [2.75, 3.05) is 25.0 Å². The van der Waals surface area contributed by atoms with E-state index >= 15 is 0 Å². The summed E-state index contributed by atoms with van der Waals surface area (Å²) in [5.74, 6) is 0.610. The highest BCUT2D eigenvalue weighted by molar-refractivity contribution is 6.01. The van der Waals surface area contributed by atoms with Gasteiger partial charge in [-0.2, -0.15) is 0 Å². The van der Waals surface area contributed by atoms with Gasteiger partial charge in [0.1, 0.15) is 0 Å². The molecular weight excluding hydrogens is 302 g/mol. The number of nitrogens with zero attached hydrogens (tertiary/aromatic N) is 1. The molecule has 2 amide bonds. The molecule has 1 aromatic carbocycles. The van der Waals surface area contributed by atoms with E-state index < -0.39 is 0 Å². The van der Waals surface area contributed by atoms with E-state index in [9.17, 15) is 9.59 Å². The lowest BCUT2D eigenvalue weighted by molar-refractivity contribution is -0.136. The lowest BCUT2D eigenvalue weighted by Gasteiger charge is -2.36. The largest absolute Gasteiger partial charge is 0.342 e. The molecule has 2 heterocycles. The van der Waals surface area contributed by atoms with E-state index in [1.54, 1.807) is 0 Å². The van der Waals surface area contributed by atoms with Crippen LogP contribution in [0.3, 0.4) is 0 Å². The minimum absolute atomic E-state index is 0.0620. The number of hydrogen-bond acceptors (Lipinski definition) is 3. The van der Waals surface area contributed by atoms with Crippen LogP contribution in [0.4, 0.5) is 5.69 Å². The lowest BCUT2D eigenvalue weighted by atomic mass is 9.88. The monoisotopic (exact) mass is 327 g/mol. The fraction of sp³-hybridized carbons (Fsp3) is 0.579. The molecule has 1 atom stereocenters. The van der Waals surface area contributed by atoms with Gasteiger partial charge in [0.25, 0.3) is 0 Å². The van der Waals surface area contributed by atoms with Crippen molar-refractivity contribution in [3.8, 4) is 0 Å². The highest BCUT2D eigenvalue weighted by Crippen LogP contribution is 2.34.